The molecule has 1 saturated carbocycles. The quantitative estimate of drug-likeness (QED) is 0.536. The van der Waals surface area contributed by atoms with Crippen LogP contribution >= 0.6 is 0 Å². The Labute approximate surface area is 76.1 Å². The predicted octanol–water partition coefficient (Wildman–Crippen LogP) is 2.66. The lowest BCUT2D eigenvalue weighted by molar-refractivity contribution is 0.0379. The molecule has 0 radical (unpaired) electrons. The van der Waals surface area contributed by atoms with E-state index in [9.17, 15) is 0 Å². The van der Waals surface area contributed by atoms with E-state index >= 15 is 0 Å². The number of rotatable bonds is 0. The van der Waals surface area contributed by atoms with E-state index in [0.29, 0.717) is 11.1 Å². The first-order chi connectivity index (χ1) is 5.42. The van der Waals surface area contributed by atoms with Crippen molar-refractivity contribution in [2.45, 2.75) is 58.0 Å². The molecule has 1 aliphatic heterocycles. The van der Waals surface area contributed by atoms with Gasteiger partial charge >= 0.3 is 0 Å². The van der Waals surface area contributed by atoms with E-state index in [2.05, 4.69) is 32.6 Å². The maximum Gasteiger partial charge on any atom is 0.0189 e. The van der Waals surface area contributed by atoms with Crippen LogP contribution in [0.2, 0.25) is 0 Å². The van der Waals surface area contributed by atoms with Gasteiger partial charge in [0.1, 0.15) is 0 Å². The molecule has 12 heavy (non-hydrogen) atoms. The van der Waals surface area contributed by atoms with E-state index in [0.717, 1.165) is 5.92 Å². The second kappa shape index (κ2) is 2.25. The van der Waals surface area contributed by atoms with Crippen molar-refractivity contribution in [3.8, 4) is 0 Å². The van der Waals surface area contributed by atoms with Crippen molar-refractivity contribution >= 4 is 0 Å². The van der Waals surface area contributed by atoms with Crippen molar-refractivity contribution in [3.63, 3.8) is 0 Å². The minimum absolute atomic E-state index is 0.379. The van der Waals surface area contributed by atoms with Crippen LogP contribution in [-0.2, 0) is 0 Å². The zero-order valence-corrected chi connectivity index (χ0v) is 8.85. The molecule has 0 N–H and O–H groups in total. The summed E-state index contributed by atoms with van der Waals surface area (Å²) in [6.07, 6.45) is 4.35. The van der Waals surface area contributed by atoms with Gasteiger partial charge in [-0.25, -0.2) is 0 Å². The molecule has 70 valence electrons. The van der Waals surface area contributed by atoms with Gasteiger partial charge in [0.25, 0.3) is 0 Å². The first-order valence-corrected chi connectivity index (χ1v) is 5.20. The van der Waals surface area contributed by atoms with Crippen LogP contribution in [0.5, 0.6) is 0 Å². The van der Waals surface area contributed by atoms with Crippen molar-refractivity contribution in [1.82, 2.24) is 4.90 Å². The standard InChI is InChI=1S/C11H21N/c1-10(2,3)12-8-9-5-6-11(12,4)7-9/h9H,5-8H2,1-4H3/t9?,11-/m0/s1. The van der Waals surface area contributed by atoms with E-state index in [1.165, 1.54) is 25.8 Å². The normalized spacial score (nSPS) is 42.5. The maximum atomic E-state index is 2.72. The average Bonchev–Trinajstić information content (AvgIpc) is 2.39. The summed E-state index contributed by atoms with van der Waals surface area (Å²) in [7, 11) is 0. The molecule has 2 aliphatic rings. The topological polar surface area (TPSA) is 3.24 Å². The number of fused-ring (bicyclic) bond motifs is 2. The number of piperidine rings is 1. The van der Waals surface area contributed by atoms with Gasteiger partial charge in [-0.05, 0) is 52.9 Å². The SMILES string of the molecule is CC(C)(C)N1CC2CC[C@@]1(C)C2. The molecule has 1 nitrogen and oxygen atoms in total. The fraction of sp³-hybridized carbons (Fsp3) is 1.00. The highest BCUT2D eigenvalue weighted by atomic mass is 15.3. The van der Waals surface area contributed by atoms with Gasteiger partial charge in [0, 0.05) is 17.6 Å². The predicted molar refractivity (Wildman–Crippen MR) is 52.2 cm³/mol. The largest absolute Gasteiger partial charge is 0.293 e. The maximum absolute atomic E-state index is 2.72. The van der Waals surface area contributed by atoms with Crippen molar-refractivity contribution in [3.05, 3.63) is 0 Å². The van der Waals surface area contributed by atoms with Crippen LogP contribution in [0.15, 0.2) is 0 Å². The zero-order chi connectivity index (χ0) is 8.98. The Bertz CT molecular complexity index is 192. The fourth-order valence-corrected chi connectivity index (χ4v) is 3.30. The smallest absolute Gasteiger partial charge is 0.0189 e. The van der Waals surface area contributed by atoms with Crippen LogP contribution < -0.4 is 0 Å². The monoisotopic (exact) mass is 167 g/mol. The Balaban J connectivity index is 2.20. The molecule has 2 bridgehead atoms. The molecule has 1 aliphatic carbocycles. The highest BCUT2D eigenvalue weighted by Crippen LogP contribution is 2.48. The lowest BCUT2D eigenvalue weighted by Gasteiger charge is -2.45. The first-order valence-electron chi connectivity index (χ1n) is 5.20. The summed E-state index contributed by atoms with van der Waals surface area (Å²) >= 11 is 0. The number of nitrogens with zero attached hydrogens (tertiary/aromatic N) is 1. The number of hydrogen-bond acceptors (Lipinski definition) is 1. The van der Waals surface area contributed by atoms with Crippen LogP contribution in [-0.4, -0.2) is 22.5 Å². The Morgan fingerprint density at radius 3 is 2.25 bits per heavy atom. The van der Waals surface area contributed by atoms with Gasteiger partial charge in [-0.1, -0.05) is 0 Å². The lowest BCUT2D eigenvalue weighted by Crippen LogP contribution is -2.52. The summed E-state index contributed by atoms with van der Waals surface area (Å²) in [5.74, 6) is 1.01. The van der Waals surface area contributed by atoms with Crippen molar-refractivity contribution in [2.24, 2.45) is 5.92 Å². The van der Waals surface area contributed by atoms with Gasteiger partial charge in [0.2, 0.25) is 0 Å². The van der Waals surface area contributed by atoms with E-state index in [-0.39, 0.29) is 0 Å². The Morgan fingerprint density at radius 2 is 2.00 bits per heavy atom. The Kier molecular flexibility index (Phi) is 1.61. The van der Waals surface area contributed by atoms with Crippen LogP contribution in [0.25, 0.3) is 0 Å². The molecule has 1 unspecified atom stereocenters. The molecule has 2 atom stereocenters. The summed E-state index contributed by atoms with van der Waals surface area (Å²) in [4.78, 5) is 2.72. The molecule has 2 fully saturated rings. The second-order valence-electron chi connectivity index (χ2n) is 5.89. The van der Waals surface area contributed by atoms with Gasteiger partial charge in [-0.15, -0.1) is 0 Å². The molecule has 0 aromatic rings. The van der Waals surface area contributed by atoms with Crippen molar-refractivity contribution in [1.29, 1.82) is 0 Å². The summed E-state index contributed by atoms with van der Waals surface area (Å²) in [6, 6.07) is 0. The number of hydrogen-bond donors (Lipinski definition) is 0. The third kappa shape index (κ3) is 1.10. The minimum atomic E-state index is 0.379. The molecule has 0 amide bonds. The van der Waals surface area contributed by atoms with Gasteiger partial charge in [-0.2, -0.15) is 0 Å². The molecule has 1 heteroatoms. The van der Waals surface area contributed by atoms with Gasteiger partial charge in [-0.3, -0.25) is 4.90 Å². The molecule has 0 aromatic heterocycles. The molecule has 0 aromatic carbocycles. The Morgan fingerprint density at radius 1 is 1.33 bits per heavy atom. The summed E-state index contributed by atoms with van der Waals surface area (Å²) in [5.41, 5.74) is 0.923. The first kappa shape index (κ1) is 8.55. The van der Waals surface area contributed by atoms with E-state index in [1.807, 2.05) is 0 Å². The fourth-order valence-electron chi connectivity index (χ4n) is 3.30. The average molecular weight is 167 g/mol. The lowest BCUT2D eigenvalue weighted by atomic mass is 9.93. The van der Waals surface area contributed by atoms with E-state index in [4.69, 9.17) is 0 Å². The van der Waals surface area contributed by atoms with Crippen LogP contribution in [0, 0.1) is 5.92 Å². The third-order valence-electron chi connectivity index (χ3n) is 3.72. The summed E-state index contributed by atoms with van der Waals surface area (Å²) < 4.78 is 0. The van der Waals surface area contributed by atoms with Crippen molar-refractivity contribution < 1.29 is 0 Å². The van der Waals surface area contributed by atoms with E-state index in [1.54, 1.807) is 0 Å². The third-order valence-corrected chi connectivity index (χ3v) is 3.72. The number of likely N-dealkylation sites (tertiary alicyclic amines) is 1. The van der Waals surface area contributed by atoms with E-state index < -0.39 is 0 Å². The molecule has 0 spiro atoms. The summed E-state index contributed by atoms with van der Waals surface area (Å²) in [6.45, 7) is 10.8. The highest BCUT2D eigenvalue weighted by Gasteiger charge is 2.50. The van der Waals surface area contributed by atoms with Crippen LogP contribution in [0.4, 0.5) is 0 Å². The molecular formula is C11H21N. The van der Waals surface area contributed by atoms with Crippen LogP contribution in [0.3, 0.4) is 0 Å². The molecule has 1 saturated heterocycles. The minimum Gasteiger partial charge on any atom is -0.293 e. The highest BCUT2D eigenvalue weighted by molar-refractivity contribution is 5.05. The summed E-state index contributed by atoms with van der Waals surface area (Å²) in [5, 5.41) is 0. The molecule has 1 heterocycles. The van der Waals surface area contributed by atoms with Gasteiger partial charge in [0.15, 0.2) is 0 Å². The molecule has 2 rings (SSSR count). The molecular weight excluding hydrogens is 146 g/mol. The van der Waals surface area contributed by atoms with Gasteiger partial charge < -0.3 is 0 Å². The van der Waals surface area contributed by atoms with Gasteiger partial charge in [0.05, 0.1) is 0 Å². The second-order valence-corrected chi connectivity index (χ2v) is 5.89. The Hall–Kier alpha value is -0.0400. The van der Waals surface area contributed by atoms with Crippen molar-refractivity contribution in [2.75, 3.05) is 6.54 Å². The zero-order valence-electron chi connectivity index (χ0n) is 8.85. The van der Waals surface area contributed by atoms with Crippen LogP contribution in [0.1, 0.15) is 47.0 Å².